The largest absolute Gasteiger partial charge is 0.322 e. The summed E-state index contributed by atoms with van der Waals surface area (Å²) in [5.74, 6) is -1.03. The normalized spacial score (nSPS) is 14.5. The van der Waals surface area contributed by atoms with Gasteiger partial charge in [-0.1, -0.05) is 22.0 Å². The molecule has 1 aliphatic rings. The smallest absolute Gasteiger partial charge is 0.258 e. The molecule has 6 heteroatoms. The lowest BCUT2D eigenvalue weighted by Gasteiger charge is -2.15. The SMILES string of the molecule is Cc1c(NC(=O)c2ccc(Br)cc2F)ccc2cc(CN3CCCC3)cnc12. The van der Waals surface area contributed by atoms with Crippen molar-refractivity contribution in [2.45, 2.75) is 26.3 Å². The fourth-order valence-electron chi connectivity index (χ4n) is 3.68. The molecule has 0 saturated carbocycles. The van der Waals surface area contributed by atoms with Crippen LogP contribution < -0.4 is 5.32 Å². The van der Waals surface area contributed by atoms with Gasteiger partial charge in [0.15, 0.2) is 0 Å². The summed E-state index contributed by atoms with van der Waals surface area (Å²) < 4.78 is 14.7. The van der Waals surface area contributed by atoms with Crippen LogP contribution in [0.4, 0.5) is 10.1 Å². The van der Waals surface area contributed by atoms with Crippen LogP contribution in [0, 0.1) is 12.7 Å². The number of rotatable bonds is 4. The third kappa shape index (κ3) is 3.93. The Labute approximate surface area is 171 Å². The van der Waals surface area contributed by atoms with Crippen molar-refractivity contribution in [2.24, 2.45) is 0 Å². The molecule has 0 spiro atoms. The van der Waals surface area contributed by atoms with E-state index in [2.05, 4.69) is 37.2 Å². The number of nitrogens with zero attached hydrogens (tertiary/aromatic N) is 2. The number of nitrogens with one attached hydrogen (secondary N) is 1. The Morgan fingerprint density at radius 2 is 2.00 bits per heavy atom. The fourth-order valence-corrected chi connectivity index (χ4v) is 4.01. The summed E-state index contributed by atoms with van der Waals surface area (Å²) in [6.45, 7) is 5.13. The summed E-state index contributed by atoms with van der Waals surface area (Å²) in [7, 11) is 0. The number of halogens is 2. The van der Waals surface area contributed by atoms with Gasteiger partial charge in [0.25, 0.3) is 5.91 Å². The third-order valence-corrected chi connectivity index (χ3v) is 5.68. The minimum Gasteiger partial charge on any atom is -0.322 e. The predicted octanol–water partition coefficient (Wildman–Crippen LogP) is 5.29. The van der Waals surface area contributed by atoms with E-state index in [9.17, 15) is 9.18 Å². The summed E-state index contributed by atoms with van der Waals surface area (Å²) >= 11 is 3.20. The number of fused-ring (bicyclic) bond motifs is 1. The molecule has 1 aromatic heterocycles. The van der Waals surface area contributed by atoms with E-state index >= 15 is 0 Å². The molecule has 1 fully saturated rings. The molecule has 144 valence electrons. The number of benzene rings is 2. The van der Waals surface area contributed by atoms with Crippen molar-refractivity contribution >= 4 is 38.4 Å². The van der Waals surface area contributed by atoms with Gasteiger partial charge in [0, 0.05) is 28.3 Å². The lowest BCUT2D eigenvalue weighted by atomic mass is 10.1. The number of carbonyl (C=O) groups excluding carboxylic acids is 1. The van der Waals surface area contributed by atoms with Gasteiger partial charge in [-0.2, -0.15) is 0 Å². The summed E-state index contributed by atoms with van der Waals surface area (Å²) in [6, 6.07) is 10.4. The first-order valence-electron chi connectivity index (χ1n) is 9.38. The van der Waals surface area contributed by atoms with Gasteiger partial charge in [-0.25, -0.2) is 4.39 Å². The van der Waals surface area contributed by atoms with Crippen molar-refractivity contribution in [3.05, 3.63) is 69.6 Å². The Kier molecular flexibility index (Phi) is 5.42. The molecule has 1 aliphatic heterocycles. The number of likely N-dealkylation sites (tertiary alicyclic amines) is 1. The molecule has 2 aromatic carbocycles. The van der Waals surface area contributed by atoms with Crippen molar-refractivity contribution in [3.63, 3.8) is 0 Å². The van der Waals surface area contributed by atoms with Crippen LogP contribution in [0.2, 0.25) is 0 Å². The zero-order valence-corrected chi connectivity index (χ0v) is 17.2. The van der Waals surface area contributed by atoms with Gasteiger partial charge in [0.1, 0.15) is 5.82 Å². The van der Waals surface area contributed by atoms with Gasteiger partial charge in [-0.3, -0.25) is 14.7 Å². The van der Waals surface area contributed by atoms with Crippen LogP contribution in [-0.4, -0.2) is 28.9 Å². The highest BCUT2D eigenvalue weighted by atomic mass is 79.9. The van der Waals surface area contributed by atoms with Crippen LogP contribution in [0.15, 0.2) is 47.1 Å². The molecule has 1 saturated heterocycles. The molecular formula is C22H21BrFN3O. The molecule has 0 radical (unpaired) electrons. The van der Waals surface area contributed by atoms with E-state index in [-0.39, 0.29) is 5.56 Å². The molecule has 0 bridgehead atoms. The van der Waals surface area contributed by atoms with E-state index in [0.29, 0.717) is 10.2 Å². The molecule has 28 heavy (non-hydrogen) atoms. The van der Waals surface area contributed by atoms with Crippen molar-refractivity contribution < 1.29 is 9.18 Å². The lowest BCUT2D eigenvalue weighted by molar-refractivity contribution is 0.102. The van der Waals surface area contributed by atoms with Crippen molar-refractivity contribution in [2.75, 3.05) is 18.4 Å². The Bertz CT molecular complexity index is 1050. The minimum absolute atomic E-state index is 0.0108. The molecule has 1 N–H and O–H groups in total. The maximum Gasteiger partial charge on any atom is 0.258 e. The van der Waals surface area contributed by atoms with Crippen molar-refractivity contribution in [1.82, 2.24) is 9.88 Å². The number of amides is 1. The first-order chi connectivity index (χ1) is 13.5. The average Bonchev–Trinajstić information content (AvgIpc) is 3.17. The molecule has 2 heterocycles. The zero-order valence-electron chi connectivity index (χ0n) is 15.6. The van der Waals surface area contributed by atoms with E-state index < -0.39 is 11.7 Å². The number of hydrogen-bond acceptors (Lipinski definition) is 3. The highest BCUT2D eigenvalue weighted by molar-refractivity contribution is 9.10. The van der Waals surface area contributed by atoms with Gasteiger partial charge in [0.2, 0.25) is 0 Å². The molecule has 4 rings (SSSR count). The first kappa shape index (κ1) is 19.0. The highest BCUT2D eigenvalue weighted by Gasteiger charge is 2.15. The molecule has 0 unspecified atom stereocenters. The summed E-state index contributed by atoms with van der Waals surface area (Å²) in [6.07, 6.45) is 4.44. The van der Waals surface area contributed by atoms with Gasteiger partial charge >= 0.3 is 0 Å². The van der Waals surface area contributed by atoms with Crippen LogP contribution in [-0.2, 0) is 6.54 Å². The Morgan fingerprint density at radius 3 is 2.75 bits per heavy atom. The first-order valence-corrected chi connectivity index (χ1v) is 10.2. The fraction of sp³-hybridized carbons (Fsp3) is 0.273. The number of hydrogen-bond donors (Lipinski definition) is 1. The van der Waals surface area contributed by atoms with E-state index in [1.54, 1.807) is 6.07 Å². The lowest BCUT2D eigenvalue weighted by Crippen LogP contribution is -2.18. The topological polar surface area (TPSA) is 45.2 Å². The van der Waals surface area contributed by atoms with Crippen LogP contribution in [0.3, 0.4) is 0 Å². The monoisotopic (exact) mass is 441 g/mol. The second kappa shape index (κ2) is 7.97. The van der Waals surface area contributed by atoms with Gasteiger partial charge in [-0.05, 0) is 74.3 Å². The van der Waals surface area contributed by atoms with E-state index in [1.165, 1.54) is 30.5 Å². The molecular weight excluding hydrogens is 421 g/mol. The van der Waals surface area contributed by atoms with Crippen LogP contribution in [0.25, 0.3) is 10.9 Å². The Balaban J connectivity index is 1.57. The van der Waals surface area contributed by atoms with Crippen LogP contribution >= 0.6 is 15.9 Å². The Hall–Kier alpha value is -2.31. The molecule has 0 aliphatic carbocycles. The second-order valence-electron chi connectivity index (χ2n) is 7.21. The number of anilines is 1. The van der Waals surface area contributed by atoms with Crippen LogP contribution in [0.1, 0.15) is 34.3 Å². The highest BCUT2D eigenvalue weighted by Crippen LogP contribution is 2.26. The quantitative estimate of drug-likeness (QED) is 0.597. The Morgan fingerprint density at radius 1 is 1.21 bits per heavy atom. The summed E-state index contributed by atoms with van der Waals surface area (Å²) in [5.41, 5.74) is 3.56. The van der Waals surface area contributed by atoms with Gasteiger partial charge in [-0.15, -0.1) is 0 Å². The summed E-state index contributed by atoms with van der Waals surface area (Å²) in [5, 5.41) is 3.85. The number of aryl methyl sites for hydroxylation is 1. The second-order valence-corrected chi connectivity index (χ2v) is 8.13. The number of pyridine rings is 1. The van der Waals surface area contributed by atoms with E-state index in [0.717, 1.165) is 36.1 Å². The van der Waals surface area contributed by atoms with Crippen LogP contribution in [0.5, 0.6) is 0 Å². The molecule has 0 atom stereocenters. The maximum absolute atomic E-state index is 14.1. The number of aromatic nitrogens is 1. The maximum atomic E-state index is 14.1. The van der Waals surface area contributed by atoms with E-state index in [4.69, 9.17) is 0 Å². The summed E-state index contributed by atoms with van der Waals surface area (Å²) in [4.78, 5) is 19.6. The van der Waals surface area contributed by atoms with Gasteiger partial charge in [0.05, 0.1) is 11.1 Å². The van der Waals surface area contributed by atoms with E-state index in [1.807, 2.05) is 25.3 Å². The predicted molar refractivity (Wildman–Crippen MR) is 113 cm³/mol. The molecule has 3 aromatic rings. The van der Waals surface area contributed by atoms with Gasteiger partial charge < -0.3 is 5.32 Å². The minimum atomic E-state index is -0.560. The van der Waals surface area contributed by atoms with Crippen molar-refractivity contribution in [3.8, 4) is 0 Å². The zero-order chi connectivity index (χ0) is 19.7. The average molecular weight is 442 g/mol. The number of carbonyl (C=O) groups is 1. The molecule has 1 amide bonds. The molecule has 4 nitrogen and oxygen atoms in total. The third-order valence-electron chi connectivity index (χ3n) is 5.19. The standard InChI is InChI=1S/C22H21BrFN3O/c1-14-20(26-22(28)18-6-5-17(23)11-19(18)24)7-4-16-10-15(12-25-21(14)16)13-27-8-2-3-9-27/h4-7,10-12H,2-3,8-9,13H2,1H3,(H,26,28). The van der Waals surface area contributed by atoms with Crippen molar-refractivity contribution in [1.29, 1.82) is 0 Å².